The van der Waals surface area contributed by atoms with Crippen LogP contribution >= 0.6 is 0 Å². The molecule has 1 aromatic rings. The summed E-state index contributed by atoms with van der Waals surface area (Å²) < 4.78 is 22.5. The van der Waals surface area contributed by atoms with Gasteiger partial charge in [-0.1, -0.05) is 35.4 Å². The minimum Gasteiger partial charge on any atom is -0.372 e. The lowest BCUT2D eigenvalue weighted by molar-refractivity contribution is -0.149. The van der Waals surface area contributed by atoms with Crippen LogP contribution in [-0.2, 0) is 25.6 Å². The van der Waals surface area contributed by atoms with Crippen LogP contribution in [0.1, 0.15) is 5.56 Å². The second-order valence-electron chi connectivity index (χ2n) is 5.03. The zero-order valence-corrected chi connectivity index (χ0v) is 11.7. The maximum atomic E-state index is 8.64. The predicted molar refractivity (Wildman–Crippen MR) is 73.4 cm³/mol. The molecule has 0 amide bonds. The van der Waals surface area contributed by atoms with Gasteiger partial charge in [-0.05, 0) is 11.1 Å². The highest BCUT2D eigenvalue weighted by atomic mass is 16.7. The van der Waals surface area contributed by atoms with Crippen LogP contribution in [0.3, 0.4) is 0 Å². The molecule has 21 heavy (non-hydrogen) atoms. The van der Waals surface area contributed by atoms with Gasteiger partial charge in [0.2, 0.25) is 0 Å². The minimum absolute atomic E-state index is 0.188. The molecule has 0 saturated carbocycles. The number of methoxy groups -OCH3 is 1. The number of nitrogens with zero attached hydrogens (tertiary/aromatic N) is 3. The summed E-state index contributed by atoms with van der Waals surface area (Å²) in [6, 6.07) is 9.43. The number of fused-ring (bicyclic) bond motifs is 1. The summed E-state index contributed by atoms with van der Waals surface area (Å²) in [5.74, 6) is 0. The van der Waals surface area contributed by atoms with E-state index in [1.54, 1.807) is 0 Å². The summed E-state index contributed by atoms with van der Waals surface area (Å²) in [5.41, 5.74) is 9.73. The van der Waals surface area contributed by atoms with Crippen molar-refractivity contribution < 1.29 is 18.9 Å². The normalized spacial score (nSPS) is 34.4. The van der Waals surface area contributed by atoms with E-state index in [-0.39, 0.29) is 18.3 Å². The SMILES string of the molecule is COC1O[C@H]2[C@H](OC[C@H]2OCc2ccccc2)[C@@H]1N=[N+]=[N-]. The summed E-state index contributed by atoms with van der Waals surface area (Å²) in [4.78, 5) is 2.84. The van der Waals surface area contributed by atoms with Crippen molar-refractivity contribution in [2.45, 2.75) is 37.3 Å². The summed E-state index contributed by atoms with van der Waals surface area (Å²) in [5, 5.41) is 3.72. The van der Waals surface area contributed by atoms with Gasteiger partial charge in [0.25, 0.3) is 0 Å². The van der Waals surface area contributed by atoms with Gasteiger partial charge in [0.05, 0.1) is 19.3 Å². The fourth-order valence-corrected chi connectivity index (χ4v) is 2.75. The molecule has 2 aliphatic rings. The van der Waals surface area contributed by atoms with Crippen molar-refractivity contribution in [3.05, 3.63) is 46.3 Å². The average Bonchev–Trinajstić information content (AvgIpc) is 3.07. The standard InChI is InChI=1S/C14H17N3O4/c1-18-14-11(16-17-15)13-12(21-14)10(8-20-13)19-7-9-5-3-2-4-6-9/h2-6,10-14H,7-8H2,1H3/t10-,11+,12-,13-,14?/m1/s1. The second-order valence-corrected chi connectivity index (χ2v) is 5.03. The smallest absolute Gasteiger partial charge is 0.168 e. The molecule has 0 spiro atoms. The molecule has 2 saturated heterocycles. The molecule has 1 aromatic carbocycles. The van der Waals surface area contributed by atoms with E-state index in [0.29, 0.717) is 13.2 Å². The van der Waals surface area contributed by atoms with E-state index in [1.165, 1.54) is 7.11 Å². The highest BCUT2D eigenvalue weighted by molar-refractivity contribution is 5.13. The lowest BCUT2D eigenvalue weighted by Gasteiger charge is -2.18. The van der Waals surface area contributed by atoms with Gasteiger partial charge in [0, 0.05) is 12.0 Å². The van der Waals surface area contributed by atoms with Crippen molar-refractivity contribution >= 4 is 0 Å². The molecule has 0 bridgehead atoms. The van der Waals surface area contributed by atoms with E-state index in [4.69, 9.17) is 24.5 Å². The number of ether oxygens (including phenoxy) is 4. The zero-order valence-electron chi connectivity index (χ0n) is 11.7. The van der Waals surface area contributed by atoms with Crippen LogP contribution in [0, 0.1) is 0 Å². The van der Waals surface area contributed by atoms with Crippen LogP contribution in [0.25, 0.3) is 10.4 Å². The highest BCUT2D eigenvalue weighted by Gasteiger charge is 2.53. The van der Waals surface area contributed by atoms with Crippen LogP contribution in [0.15, 0.2) is 35.4 Å². The second kappa shape index (κ2) is 6.43. The van der Waals surface area contributed by atoms with E-state index >= 15 is 0 Å². The molecule has 3 rings (SSSR count). The Morgan fingerprint density at radius 1 is 1.33 bits per heavy atom. The molecule has 0 N–H and O–H groups in total. The van der Waals surface area contributed by atoms with Gasteiger partial charge in [-0.15, -0.1) is 0 Å². The third-order valence-electron chi connectivity index (χ3n) is 3.77. The maximum absolute atomic E-state index is 8.64. The summed E-state index contributed by atoms with van der Waals surface area (Å²) in [6.45, 7) is 0.918. The van der Waals surface area contributed by atoms with Crippen molar-refractivity contribution in [3.8, 4) is 0 Å². The Bertz CT molecular complexity index is 520. The van der Waals surface area contributed by atoms with Gasteiger partial charge in [0.15, 0.2) is 6.29 Å². The van der Waals surface area contributed by atoms with Crippen molar-refractivity contribution in [1.82, 2.24) is 0 Å². The average molecular weight is 291 g/mol. The van der Waals surface area contributed by atoms with Crippen molar-refractivity contribution in [1.29, 1.82) is 0 Å². The van der Waals surface area contributed by atoms with Gasteiger partial charge in [-0.3, -0.25) is 0 Å². The molecular weight excluding hydrogens is 274 g/mol. The van der Waals surface area contributed by atoms with Crippen LogP contribution in [0.2, 0.25) is 0 Å². The third kappa shape index (κ3) is 2.88. The van der Waals surface area contributed by atoms with E-state index in [1.807, 2.05) is 30.3 Å². The minimum atomic E-state index is -0.584. The Labute approximate surface area is 122 Å². The molecule has 112 valence electrons. The van der Waals surface area contributed by atoms with Crippen LogP contribution < -0.4 is 0 Å². The first-order valence-corrected chi connectivity index (χ1v) is 6.83. The number of rotatable bonds is 5. The number of azide groups is 1. The van der Waals surface area contributed by atoms with E-state index in [9.17, 15) is 0 Å². The molecule has 2 heterocycles. The van der Waals surface area contributed by atoms with Crippen LogP contribution in [0.5, 0.6) is 0 Å². The molecule has 0 aliphatic carbocycles. The number of hydrogen-bond donors (Lipinski definition) is 0. The Balaban J connectivity index is 1.63. The quantitative estimate of drug-likeness (QED) is 0.472. The van der Waals surface area contributed by atoms with Gasteiger partial charge < -0.3 is 18.9 Å². The zero-order chi connectivity index (χ0) is 14.7. The topological polar surface area (TPSA) is 85.7 Å². The van der Waals surface area contributed by atoms with Crippen LogP contribution in [0.4, 0.5) is 0 Å². The monoisotopic (exact) mass is 291 g/mol. The fourth-order valence-electron chi connectivity index (χ4n) is 2.75. The van der Waals surface area contributed by atoms with Gasteiger partial charge in [-0.25, -0.2) is 0 Å². The van der Waals surface area contributed by atoms with Crippen molar-refractivity contribution in [2.24, 2.45) is 5.11 Å². The number of benzene rings is 1. The lowest BCUT2D eigenvalue weighted by Crippen LogP contribution is -2.32. The molecule has 2 aliphatic heterocycles. The van der Waals surface area contributed by atoms with Crippen molar-refractivity contribution in [3.63, 3.8) is 0 Å². The molecule has 5 atom stereocenters. The highest BCUT2D eigenvalue weighted by Crippen LogP contribution is 2.35. The van der Waals surface area contributed by atoms with E-state index < -0.39 is 12.3 Å². The summed E-state index contributed by atoms with van der Waals surface area (Å²) >= 11 is 0. The molecule has 7 nitrogen and oxygen atoms in total. The Kier molecular flexibility index (Phi) is 4.38. The summed E-state index contributed by atoms with van der Waals surface area (Å²) in [6.07, 6.45) is -1.36. The van der Waals surface area contributed by atoms with Crippen molar-refractivity contribution in [2.75, 3.05) is 13.7 Å². The first kappa shape index (κ1) is 14.3. The number of hydrogen-bond acceptors (Lipinski definition) is 5. The lowest BCUT2D eigenvalue weighted by atomic mass is 10.1. The van der Waals surface area contributed by atoms with E-state index in [0.717, 1.165) is 5.56 Å². The van der Waals surface area contributed by atoms with Gasteiger partial charge in [-0.2, -0.15) is 0 Å². The molecule has 0 radical (unpaired) electrons. The molecular formula is C14H17N3O4. The maximum Gasteiger partial charge on any atom is 0.168 e. The molecule has 1 unspecified atom stereocenters. The molecule has 0 aromatic heterocycles. The van der Waals surface area contributed by atoms with Gasteiger partial charge >= 0.3 is 0 Å². The van der Waals surface area contributed by atoms with Crippen LogP contribution in [-0.4, -0.2) is 44.4 Å². The largest absolute Gasteiger partial charge is 0.372 e. The third-order valence-corrected chi connectivity index (χ3v) is 3.77. The predicted octanol–water partition coefficient (Wildman–Crippen LogP) is 2.02. The Morgan fingerprint density at radius 3 is 2.86 bits per heavy atom. The fraction of sp³-hybridized carbons (Fsp3) is 0.571. The van der Waals surface area contributed by atoms with Gasteiger partial charge in [0.1, 0.15) is 18.2 Å². The first-order chi connectivity index (χ1) is 10.3. The molecule has 7 heteroatoms. The molecule has 2 fully saturated rings. The van der Waals surface area contributed by atoms with E-state index in [2.05, 4.69) is 10.0 Å². The Morgan fingerprint density at radius 2 is 2.14 bits per heavy atom. The summed E-state index contributed by atoms with van der Waals surface area (Å²) in [7, 11) is 1.52. The Hall–Kier alpha value is -1.63. The first-order valence-electron chi connectivity index (χ1n) is 6.83.